The Morgan fingerprint density at radius 3 is 2.79 bits per heavy atom. The van der Waals surface area contributed by atoms with E-state index in [0.29, 0.717) is 23.5 Å². The van der Waals surface area contributed by atoms with Crippen molar-refractivity contribution >= 4 is 21.9 Å². The normalized spacial score (nSPS) is 9.86. The molecule has 0 saturated heterocycles. The van der Waals surface area contributed by atoms with Crippen LogP contribution in [-0.4, -0.2) is 23.0 Å². The molecule has 0 spiro atoms. The van der Waals surface area contributed by atoms with E-state index in [1.807, 2.05) is 0 Å². The van der Waals surface area contributed by atoms with Crippen LogP contribution in [0.25, 0.3) is 0 Å². The van der Waals surface area contributed by atoms with Gasteiger partial charge in [0.05, 0.1) is 12.2 Å². The quantitative estimate of drug-likeness (QED) is 0.845. The Kier molecular flexibility index (Phi) is 3.95. The molecule has 1 N–H and O–H groups in total. The van der Waals surface area contributed by atoms with Gasteiger partial charge in [-0.15, -0.1) is 0 Å². The molecule has 14 heavy (non-hydrogen) atoms. The number of carboxylic acid groups (broad SMARTS) is 1. The summed E-state index contributed by atoms with van der Waals surface area (Å²) in [5, 5.41) is 9.54. The first-order valence-electron chi connectivity index (χ1n) is 4.18. The Hall–Kier alpha value is -1.03. The van der Waals surface area contributed by atoms with E-state index < -0.39 is 5.97 Å². The fourth-order valence-corrected chi connectivity index (χ4v) is 1.28. The average molecular weight is 259 g/mol. The average Bonchev–Trinajstić information content (AvgIpc) is 2.14. The lowest BCUT2D eigenvalue weighted by molar-refractivity contribution is 0.0696. The smallest absolute Gasteiger partial charge is 0.335 e. The predicted octanol–water partition coefficient (Wildman–Crippen LogP) is 2.47. The van der Waals surface area contributed by atoms with Gasteiger partial charge in [0.1, 0.15) is 5.75 Å². The maximum atomic E-state index is 10.7. The highest BCUT2D eigenvalue weighted by Crippen LogP contribution is 2.17. The molecule has 1 rings (SSSR count). The zero-order valence-corrected chi connectivity index (χ0v) is 9.37. The number of carbonyl (C=O) groups is 1. The van der Waals surface area contributed by atoms with Gasteiger partial charge in [-0.1, -0.05) is 15.9 Å². The standard InChI is InChI=1S/C10H11BrO3/c1-7-6-8(14-5-4-11)2-3-9(7)10(12)13/h2-3,6H,4-5H2,1H3,(H,12,13). The van der Waals surface area contributed by atoms with Crippen molar-refractivity contribution in [2.24, 2.45) is 0 Å². The highest BCUT2D eigenvalue weighted by Gasteiger charge is 2.07. The second-order valence-electron chi connectivity index (χ2n) is 2.82. The van der Waals surface area contributed by atoms with Crippen LogP contribution in [0.2, 0.25) is 0 Å². The molecule has 76 valence electrons. The minimum absolute atomic E-state index is 0.316. The zero-order valence-electron chi connectivity index (χ0n) is 7.79. The molecule has 4 heteroatoms. The molecule has 0 saturated carbocycles. The molecule has 0 fully saturated rings. The summed E-state index contributed by atoms with van der Waals surface area (Å²) in [7, 11) is 0. The lowest BCUT2D eigenvalue weighted by Gasteiger charge is -2.06. The number of alkyl halides is 1. The van der Waals surface area contributed by atoms with Crippen molar-refractivity contribution in [3.05, 3.63) is 29.3 Å². The summed E-state index contributed by atoms with van der Waals surface area (Å²) in [6, 6.07) is 4.95. The van der Waals surface area contributed by atoms with Crippen LogP contribution in [0, 0.1) is 6.92 Å². The predicted molar refractivity (Wildman–Crippen MR) is 57.4 cm³/mol. The molecule has 0 radical (unpaired) electrons. The van der Waals surface area contributed by atoms with E-state index in [9.17, 15) is 4.79 Å². The molecule has 0 amide bonds. The Morgan fingerprint density at radius 1 is 1.57 bits per heavy atom. The first-order chi connectivity index (χ1) is 6.65. The molecule has 0 atom stereocenters. The van der Waals surface area contributed by atoms with Crippen LogP contribution < -0.4 is 4.74 Å². The number of aromatic carboxylic acids is 1. The number of ether oxygens (including phenoxy) is 1. The number of benzene rings is 1. The first kappa shape index (κ1) is 11.0. The lowest BCUT2D eigenvalue weighted by Crippen LogP contribution is -2.02. The fraction of sp³-hybridized carbons (Fsp3) is 0.300. The summed E-state index contributed by atoms with van der Waals surface area (Å²) >= 11 is 3.24. The van der Waals surface area contributed by atoms with Gasteiger partial charge in [-0.3, -0.25) is 0 Å². The van der Waals surface area contributed by atoms with Crippen molar-refractivity contribution in [1.82, 2.24) is 0 Å². The molecule has 0 aromatic heterocycles. The molecule has 0 aliphatic carbocycles. The molecular weight excluding hydrogens is 248 g/mol. The summed E-state index contributed by atoms with van der Waals surface area (Å²) in [5.74, 6) is -0.207. The molecule has 0 aliphatic rings. The lowest BCUT2D eigenvalue weighted by atomic mass is 10.1. The summed E-state index contributed by atoms with van der Waals surface area (Å²) in [4.78, 5) is 10.7. The van der Waals surface area contributed by atoms with Crippen LogP contribution in [0.4, 0.5) is 0 Å². The van der Waals surface area contributed by atoms with Crippen LogP contribution in [-0.2, 0) is 0 Å². The molecular formula is C10H11BrO3. The summed E-state index contributed by atoms with van der Waals surface area (Å²) in [5.41, 5.74) is 1.03. The zero-order chi connectivity index (χ0) is 10.6. The van der Waals surface area contributed by atoms with Gasteiger partial charge >= 0.3 is 5.97 Å². The van der Waals surface area contributed by atoms with Gasteiger partial charge in [0.2, 0.25) is 0 Å². The maximum Gasteiger partial charge on any atom is 0.335 e. The van der Waals surface area contributed by atoms with Crippen molar-refractivity contribution in [2.75, 3.05) is 11.9 Å². The van der Waals surface area contributed by atoms with Crippen molar-refractivity contribution in [1.29, 1.82) is 0 Å². The van der Waals surface area contributed by atoms with Crippen LogP contribution in [0.5, 0.6) is 5.75 Å². The minimum Gasteiger partial charge on any atom is -0.493 e. The molecule has 1 aromatic carbocycles. The van der Waals surface area contributed by atoms with E-state index in [1.54, 1.807) is 25.1 Å². The van der Waals surface area contributed by atoms with Gasteiger partial charge < -0.3 is 9.84 Å². The molecule has 0 unspecified atom stereocenters. The van der Waals surface area contributed by atoms with E-state index >= 15 is 0 Å². The number of halogens is 1. The third kappa shape index (κ3) is 2.73. The van der Waals surface area contributed by atoms with Gasteiger partial charge in [0, 0.05) is 5.33 Å². The van der Waals surface area contributed by atoms with Crippen molar-refractivity contribution in [3.8, 4) is 5.75 Å². The topological polar surface area (TPSA) is 46.5 Å². The largest absolute Gasteiger partial charge is 0.493 e. The Balaban J connectivity index is 2.83. The van der Waals surface area contributed by atoms with Crippen molar-refractivity contribution < 1.29 is 14.6 Å². The van der Waals surface area contributed by atoms with E-state index in [0.717, 1.165) is 5.33 Å². The molecule has 3 nitrogen and oxygen atoms in total. The van der Waals surface area contributed by atoms with Crippen molar-refractivity contribution in [3.63, 3.8) is 0 Å². The number of rotatable bonds is 4. The summed E-state index contributed by atoms with van der Waals surface area (Å²) < 4.78 is 5.33. The summed E-state index contributed by atoms with van der Waals surface area (Å²) in [6.07, 6.45) is 0. The molecule has 0 heterocycles. The third-order valence-electron chi connectivity index (χ3n) is 1.77. The van der Waals surface area contributed by atoms with Gasteiger partial charge in [-0.05, 0) is 30.7 Å². The minimum atomic E-state index is -0.908. The number of hydrogen-bond donors (Lipinski definition) is 1. The van der Waals surface area contributed by atoms with E-state index in [-0.39, 0.29) is 0 Å². The highest BCUT2D eigenvalue weighted by atomic mass is 79.9. The van der Waals surface area contributed by atoms with E-state index in [1.165, 1.54) is 0 Å². The van der Waals surface area contributed by atoms with Crippen LogP contribution in [0.3, 0.4) is 0 Å². The SMILES string of the molecule is Cc1cc(OCCBr)ccc1C(=O)O. The summed E-state index contributed by atoms with van der Waals surface area (Å²) in [6.45, 7) is 2.33. The fourth-order valence-electron chi connectivity index (χ4n) is 1.12. The van der Waals surface area contributed by atoms with Crippen LogP contribution in [0.15, 0.2) is 18.2 Å². The highest BCUT2D eigenvalue weighted by molar-refractivity contribution is 9.09. The second kappa shape index (κ2) is 5.00. The van der Waals surface area contributed by atoms with E-state index in [2.05, 4.69) is 15.9 Å². The maximum absolute atomic E-state index is 10.7. The number of aryl methyl sites for hydroxylation is 1. The van der Waals surface area contributed by atoms with Gasteiger partial charge in [-0.25, -0.2) is 4.79 Å². The molecule has 0 aliphatic heterocycles. The Bertz CT molecular complexity index is 336. The Morgan fingerprint density at radius 2 is 2.29 bits per heavy atom. The number of carboxylic acids is 1. The molecule has 1 aromatic rings. The monoisotopic (exact) mass is 258 g/mol. The van der Waals surface area contributed by atoms with Crippen LogP contribution >= 0.6 is 15.9 Å². The first-order valence-corrected chi connectivity index (χ1v) is 5.30. The van der Waals surface area contributed by atoms with Crippen LogP contribution in [0.1, 0.15) is 15.9 Å². The molecule has 0 bridgehead atoms. The van der Waals surface area contributed by atoms with Gasteiger partial charge in [0.25, 0.3) is 0 Å². The number of hydrogen-bond acceptors (Lipinski definition) is 2. The van der Waals surface area contributed by atoms with Gasteiger partial charge in [-0.2, -0.15) is 0 Å². The second-order valence-corrected chi connectivity index (χ2v) is 3.61. The van der Waals surface area contributed by atoms with Gasteiger partial charge in [0.15, 0.2) is 0 Å². The van der Waals surface area contributed by atoms with Crippen molar-refractivity contribution in [2.45, 2.75) is 6.92 Å². The Labute approximate surface area is 90.8 Å². The third-order valence-corrected chi connectivity index (χ3v) is 2.10. The van der Waals surface area contributed by atoms with E-state index in [4.69, 9.17) is 9.84 Å².